The Hall–Kier alpha value is -4.64. The first-order chi connectivity index (χ1) is 22.3. The van der Waals surface area contributed by atoms with Crippen LogP contribution < -0.4 is 14.4 Å². The minimum absolute atomic E-state index is 0.0581. The van der Waals surface area contributed by atoms with Crippen molar-refractivity contribution >= 4 is 57.3 Å². The number of aromatic nitrogens is 2. The summed E-state index contributed by atoms with van der Waals surface area (Å²) in [6, 6.07) is 28.4. The number of aliphatic hydroxyl groups excluding tert-OH is 1. The van der Waals surface area contributed by atoms with Crippen LogP contribution in [-0.4, -0.2) is 34.1 Å². The number of nitrogens with zero attached hydrogens (tertiary/aromatic N) is 3. The Morgan fingerprint density at radius 1 is 0.935 bits per heavy atom. The average molecular weight is 670 g/mol. The lowest BCUT2D eigenvalue weighted by atomic mass is 9.95. The Morgan fingerprint density at radius 3 is 2.43 bits per heavy atom. The van der Waals surface area contributed by atoms with Gasteiger partial charge in [0, 0.05) is 16.3 Å². The Balaban J connectivity index is 1.31. The zero-order valence-corrected chi connectivity index (χ0v) is 27.2. The maximum Gasteiger partial charge on any atom is 0.301 e. The van der Waals surface area contributed by atoms with Crippen molar-refractivity contribution < 1.29 is 24.2 Å². The van der Waals surface area contributed by atoms with Gasteiger partial charge in [-0.05, 0) is 72.1 Å². The summed E-state index contributed by atoms with van der Waals surface area (Å²) in [5.41, 5.74) is 4.11. The topological polar surface area (TPSA) is 102 Å². The normalized spacial score (nSPS) is 15.7. The van der Waals surface area contributed by atoms with Gasteiger partial charge in [0.2, 0.25) is 5.13 Å². The molecule has 11 heteroatoms. The molecule has 5 aromatic rings. The standard InChI is InChI=1S/C35H28ClN3O5S2/c1-21-5-3-6-23(17-21)19-44-27-15-11-24(12-16-27)31(40)29-30(25-7-4-8-28(18-25)43-2)39(33(42)32(29)41)34-37-38-35(46-34)45-20-22-9-13-26(36)14-10-22/h3-18,30,40H,19-20H2,1-2H3. The predicted octanol–water partition coefficient (Wildman–Crippen LogP) is 8.01. The molecule has 232 valence electrons. The zero-order chi connectivity index (χ0) is 32.2. The molecule has 46 heavy (non-hydrogen) atoms. The number of thioether (sulfide) groups is 1. The van der Waals surface area contributed by atoms with Crippen molar-refractivity contribution in [2.24, 2.45) is 0 Å². The maximum absolute atomic E-state index is 13.6. The van der Waals surface area contributed by atoms with Crippen LogP contribution in [0.2, 0.25) is 5.02 Å². The summed E-state index contributed by atoms with van der Waals surface area (Å²) in [5, 5.41) is 21.0. The van der Waals surface area contributed by atoms with Gasteiger partial charge in [-0.3, -0.25) is 14.5 Å². The number of benzene rings is 4. The first-order valence-electron chi connectivity index (χ1n) is 14.2. The Labute approximate surface area is 279 Å². The summed E-state index contributed by atoms with van der Waals surface area (Å²) >= 11 is 8.66. The number of aryl methyl sites for hydroxylation is 1. The molecule has 6 rings (SSSR count). The van der Waals surface area contributed by atoms with Crippen LogP contribution >= 0.6 is 34.7 Å². The van der Waals surface area contributed by atoms with E-state index in [0.29, 0.717) is 44.3 Å². The number of anilines is 1. The SMILES string of the molecule is COc1cccc(C2C(=C(O)c3ccc(OCc4cccc(C)c4)cc3)C(=O)C(=O)N2c2nnc(SCc3ccc(Cl)cc3)s2)c1. The molecular formula is C35H28ClN3O5S2. The molecule has 0 spiro atoms. The van der Waals surface area contributed by atoms with Crippen LogP contribution in [0.15, 0.2) is 107 Å². The van der Waals surface area contributed by atoms with E-state index in [1.807, 2.05) is 49.4 Å². The highest BCUT2D eigenvalue weighted by Crippen LogP contribution is 2.44. The van der Waals surface area contributed by atoms with E-state index in [-0.39, 0.29) is 16.5 Å². The smallest absolute Gasteiger partial charge is 0.301 e. The highest BCUT2D eigenvalue weighted by molar-refractivity contribution is 8.00. The molecular weight excluding hydrogens is 642 g/mol. The number of aliphatic hydroxyl groups is 1. The molecule has 2 heterocycles. The number of Topliss-reactive ketones (excluding diaryl/α,β-unsaturated/α-hetero) is 1. The average Bonchev–Trinajstić information content (AvgIpc) is 3.65. The van der Waals surface area contributed by atoms with E-state index in [4.69, 9.17) is 21.1 Å². The van der Waals surface area contributed by atoms with Crippen molar-refractivity contribution in [3.8, 4) is 11.5 Å². The molecule has 0 radical (unpaired) electrons. The first-order valence-corrected chi connectivity index (χ1v) is 16.4. The summed E-state index contributed by atoms with van der Waals surface area (Å²) in [6.07, 6.45) is 0. The molecule has 0 bridgehead atoms. The third-order valence-electron chi connectivity index (χ3n) is 7.35. The van der Waals surface area contributed by atoms with E-state index >= 15 is 0 Å². The number of methoxy groups -OCH3 is 1. The molecule has 8 nitrogen and oxygen atoms in total. The number of hydrogen-bond acceptors (Lipinski definition) is 9. The fourth-order valence-electron chi connectivity index (χ4n) is 5.07. The highest BCUT2D eigenvalue weighted by Gasteiger charge is 2.48. The van der Waals surface area contributed by atoms with Gasteiger partial charge in [0.05, 0.1) is 18.7 Å². The van der Waals surface area contributed by atoms with Crippen LogP contribution in [0.25, 0.3) is 5.76 Å². The lowest BCUT2D eigenvalue weighted by molar-refractivity contribution is -0.132. The molecule has 1 aromatic heterocycles. The molecule has 1 saturated heterocycles. The fourth-order valence-corrected chi connectivity index (χ4v) is 7.02. The van der Waals surface area contributed by atoms with E-state index in [1.54, 1.807) is 48.5 Å². The minimum atomic E-state index is -0.964. The number of rotatable bonds is 10. The van der Waals surface area contributed by atoms with Crippen LogP contribution in [0.5, 0.6) is 11.5 Å². The number of ether oxygens (including phenoxy) is 2. The Kier molecular flexibility index (Phi) is 9.39. The van der Waals surface area contributed by atoms with Gasteiger partial charge in [0.25, 0.3) is 5.78 Å². The third-order valence-corrected chi connectivity index (χ3v) is 9.73. The lowest BCUT2D eigenvalue weighted by Crippen LogP contribution is -2.29. The maximum atomic E-state index is 13.6. The molecule has 4 aromatic carbocycles. The predicted molar refractivity (Wildman–Crippen MR) is 181 cm³/mol. The number of hydrogen-bond donors (Lipinski definition) is 1. The van der Waals surface area contributed by atoms with Gasteiger partial charge in [-0.2, -0.15) is 0 Å². The van der Waals surface area contributed by atoms with Crippen LogP contribution in [0, 0.1) is 6.92 Å². The summed E-state index contributed by atoms with van der Waals surface area (Å²) in [7, 11) is 1.54. The van der Waals surface area contributed by atoms with Gasteiger partial charge in [-0.25, -0.2) is 0 Å². The summed E-state index contributed by atoms with van der Waals surface area (Å²) in [5.74, 6) is -0.182. The molecule has 1 aliphatic rings. The molecule has 0 aliphatic carbocycles. The van der Waals surface area contributed by atoms with Crippen molar-refractivity contribution in [2.75, 3.05) is 12.0 Å². The highest BCUT2D eigenvalue weighted by atomic mass is 35.5. The van der Waals surface area contributed by atoms with Crippen LogP contribution in [-0.2, 0) is 21.9 Å². The number of carbonyl (C=O) groups is 2. The lowest BCUT2D eigenvalue weighted by Gasteiger charge is -2.23. The van der Waals surface area contributed by atoms with E-state index in [1.165, 1.54) is 35.1 Å². The van der Waals surface area contributed by atoms with E-state index in [0.717, 1.165) is 16.7 Å². The van der Waals surface area contributed by atoms with Crippen LogP contribution in [0.3, 0.4) is 0 Å². The van der Waals surface area contributed by atoms with Gasteiger partial charge in [0.15, 0.2) is 4.34 Å². The first kappa shape index (κ1) is 31.3. The molecule has 1 N–H and O–H groups in total. The quantitative estimate of drug-likeness (QED) is 0.0525. The second-order valence-electron chi connectivity index (χ2n) is 10.5. The molecule has 1 aliphatic heterocycles. The van der Waals surface area contributed by atoms with Crippen LogP contribution in [0.1, 0.15) is 33.9 Å². The second-order valence-corrected chi connectivity index (χ2v) is 13.1. The molecule has 1 fully saturated rings. The van der Waals surface area contributed by atoms with E-state index in [9.17, 15) is 14.7 Å². The van der Waals surface area contributed by atoms with Gasteiger partial charge in [-0.1, -0.05) is 88.8 Å². The monoisotopic (exact) mass is 669 g/mol. The number of amides is 1. The third kappa shape index (κ3) is 6.79. The summed E-state index contributed by atoms with van der Waals surface area (Å²) in [6.45, 7) is 2.41. The Morgan fingerprint density at radius 2 is 1.70 bits per heavy atom. The van der Waals surface area contributed by atoms with Crippen molar-refractivity contribution in [1.29, 1.82) is 0 Å². The number of ketones is 1. The number of halogens is 1. The fraction of sp³-hybridized carbons (Fsp3) is 0.143. The molecule has 0 saturated carbocycles. The summed E-state index contributed by atoms with van der Waals surface area (Å²) in [4.78, 5) is 28.5. The zero-order valence-electron chi connectivity index (χ0n) is 24.8. The number of carbonyl (C=O) groups excluding carboxylic acids is 2. The van der Waals surface area contributed by atoms with Gasteiger partial charge >= 0.3 is 5.91 Å². The van der Waals surface area contributed by atoms with E-state index < -0.39 is 17.7 Å². The Bertz CT molecular complexity index is 1930. The van der Waals surface area contributed by atoms with E-state index in [2.05, 4.69) is 16.3 Å². The van der Waals surface area contributed by atoms with Crippen molar-refractivity contribution in [3.63, 3.8) is 0 Å². The summed E-state index contributed by atoms with van der Waals surface area (Å²) < 4.78 is 12.0. The molecule has 1 amide bonds. The van der Waals surface area contributed by atoms with Gasteiger partial charge in [0.1, 0.15) is 23.9 Å². The van der Waals surface area contributed by atoms with Gasteiger partial charge in [-0.15, -0.1) is 10.2 Å². The second kappa shape index (κ2) is 13.8. The van der Waals surface area contributed by atoms with Crippen LogP contribution in [0.4, 0.5) is 5.13 Å². The van der Waals surface area contributed by atoms with Crippen molar-refractivity contribution in [1.82, 2.24) is 10.2 Å². The molecule has 1 atom stereocenters. The molecule has 1 unspecified atom stereocenters. The largest absolute Gasteiger partial charge is 0.507 e. The van der Waals surface area contributed by atoms with Crippen molar-refractivity contribution in [2.45, 2.75) is 29.7 Å². The van der Waals surface area contributed by atoms with Crippen molar-refractivity contribution in [3.05, 3.63) is 135 Å². The van der Waals surface area contributed by atoms with Gasteiger partial charge < -0.3 is 14.6 Å². The minimum Gasteiger partial charge on any atom is -0.507 e.